The molecule has 58 heavy (non-hydrogen) atoms. The summed E-state index contributed by atoms with van der Waals surface area (Å²) < 4.78 is 0. The first-order valence-electron chi connectivity index (χ1n) is 22.0. The minimum Gasteiger partial charge on any atom is -0.289 e. The summed E-state index contributed by atoms with van der Waals surface area (Å²) in [4.78, 5) is 11.8. The van der Waals surface area contributed by atoms with Crippen molar-refractivity contribution in [3.63, 3.8) is 0 Å². The molecular weight excluding hydrogens is 701 g/mol. The molecule has 1 heteroatoms. The number of carbonyl (C=O) groups excluding carboxylic acids is 1. The minimum absolute atomic E-state index is 0.0752. The number of hydrogen-bond acceptors (Lipinski definition) is 1. The molecule has 0 spiro atoms. The summed E-state index contributed by atoms with van der Waals surface area (Å²) in [5.74, 6) is 0.0752. The Labute approximate surface area is 359 Å². The minimum atomic E-state index is 0.0752. The molecule has 0 N–H and O–H groups in total. The molecule has 7 aromatic carbocycles. The van der Waals surface area contributed by atoms with Gasteiger partial charge in [0.2, 0.25) is 0 Å². The Morgan fingerprint density at radius 2 is 0.379 bits per heavy atom. The van der Waals surface area contributed by atoms with E-state index in [9.17, 15) is 4.79 Å². The van der Waals surface area contributed by atoms with Crippen molar-refractivity contribution in [1.82, 2.24) is 0 Å². The Bertz CT molecular complexity index is 1530. The van der Waals surface area contributed by atoms with E-state index in [4.69, 9.17) is 0 Å². The van der Waals surface area contributed by atoms with Gasteiger partial charge in [-0.2, -0.15) is 0 Å². The van der Waals surface area contributed by atoms with Crippen LogP contribution in [0.1, 0.15) is 127 Å². The third-order valence-corrected chi connectivity index (χ3v) is 6.28. The normalized spacial score (nSPS) is 7.72. The molecule has 0 bridgehead atoms. The van der Waals surface area contributed by atoms with Crippen molar-refractivity contribution < 1.29 is 4.79 Å². The number of rotatable bonds is 3. The Morgan fingerprint density at radius 3 is 0.586 bits per heavy atom. The van der Waals surface area contributed by atoms with E-state index in [1.807, 2.05) is 220 Å². The van der Waals surface area contributed by atoms with Gasteiger partial charge in [-0.05, 0) is 21.9 Å². The second-order valence-electron chi connectivity index (χ2n) is 9.30. The largest absolute Gasteiger partial charge is 0.289 e. The summed E-state index contributed by atoms with van der Waals surface area (Å²) >= 11 is 0. The molecule has 1 nitrogen and oxygen atoms in total. The SMILES string of the molecule is CC.CC.CC.CC.CC.CC.CC.CC.O=C(c1ccccc1)c1ccccc1.c1ccc(-c2ccccc2)cc1.c1ccc2ccccc2c1.c1ccccc1. The first-order valence-corrected chi connectivity index (χ1v) is 22.0. The van der Waals surface area contributed by atoms with Gasteiger partial charge in [-0.1, -0.05) is 317 Å². The van der Waals surface area contributed by atoms with Gasteiger partial charge in [-0.3, -0.25) is 4.79 Å². The van der Waals surface area contributed by atoms with Crippen LogP contribution >= 0.6 is 0 Å². The summed E-state index contributed by atoms with van der Waals surface area (Å²) in [5.41, 5.74) is 4.02. The van der Waals surface area contributed by atoms with Crippen molar-refractivity contribution in [1.29, 1.82) is 0 Å². The highest BCUT2D eigenvalue weighted by Gasteiger charge is 2.06. The quantitative estimate of drug-likeness (QED) is 0.163. The lowest BCUT2D eigenvalue weighted by atomic mass is 10.0. The van der Waals surface area contributed by atoms with Crippen LogP contribution in [-0.2, 0) is 0 Å². The molecule has 0 radical (unpaired) electrons. The number of fused-ring (bicyclic) bond motifs is 1. The summed E-state index contributed by atoms with van der Waals surface area (Å²) in [7, 11) is 0. The van der Waals surface area contributed by atoms with Crippen LogP contribution in [0, 0.1) is 0 Å². The lowest BCUT2D eigenvalue weighted by molar-refractivity contribution is 0.103. The van der Waals surface area contributed by atoms with E-state index in [0.717, 1.165) is 11.1 Å². The smallest absolute Gasteiger partial charge is 0.193 e. The first-order chi connectivity index (χ1) is 28.8. The van der Waals surface area contributed by atoms with Gasteiger partial charge in [0.15, 0.2) is 5.78 Å². The topological polar surface area (TPSA) is 17.1 Å². The van der Waals surface area contributed by atoms with E-state index in [1.54, 1.807) is 0 Å². The molecule has 0 unspecified atom stereocenters. The molecule has 7 aromatic rings. The predicted molar refractivity (Wildman–Crippen MR) is 269 cm³/mol. The lowest BCUT2D eigenvalue weighted by Crippen LogP contribution is -1.99. The van der Waals surface area contributed by atoms with Crippen LogP contribution in [0.15, 0.2) is 206 Å². The van der Waals surface area contributed by atoms with Crippen molar-refractivity contribution in [2.75, 3.05) is 0 Å². The fraction of sp³-hybridized carbons (Fsp3) is 0.281. The number of benzene rings is 7. The van der Waals surface area contributed by atoms with E-state index < -0.39 is 0 Å². The van der Waals surface area contributed by atoms with Crippen molar-refractivity contribution >= 4 is 16.6 Å². The molecule has 0 amide bonds. The first kappa shape index (κ1) is 61.7. The van der Waals surface area contributed by atoms with E-state index in [2.05, 4.69) is 97.1 Å². The summed E-state index contributed by atoms with van der Waals surface area (Å²) in [6, 6.07) is 68.1. The molecule has 7 rings (SSSR count). The van der Waals surface area contributed by atoms with Crippen molar-refractivity contribution in [3.8, 4) is 11.1 Å². The van der Waals surface area contributed by atoms with Crippen LogP contribution in [-0.4, -0.2) is 5.78 Å². The second kappa shape index (κ2) is 53.6. The summed E-state index contributed by atoms with van der Waals surface area (Å²) in [6.07, 6.45) is 0. The van der Waals surface area contributed by atoms with Gasteiger partial charge in [-0.15, -0.1) is 0 Å². The lowest BCUT2D eigenvalue weighted by Gasteiger charge is -1.99. The Balaban J connectivity index is -0.000000196. The van der Waals surface area contributed by atoms with Gasteiger partial charge in [0.1, 0.15) is 0 Å². The summed E-state index contributed by atoms with van der Waals surface area (Å²) in [6.45, 7) is 32.0. The Kier molecular flexibility index (Phi) is 57.0. The molecule has 316 valence electrons. The third-order valence-electron chi connectivity index (χ3n) is 6.28. The molecule has 0 saturated heterocycles. The molecule has 0 atom stereocenters. The zero-order valence-corrected chi connectivity index (χ0v) is 39.5. The molecule has 0 aliphatic carbocycles. The zero-order chi connectivity index (χ0) is 45.1. The van der Waals surface area contributed by atoms with Gasteiger partial charge in [-0.25, -0.2) is 0 Å². The third kappa shape index (κ3) is 31.7. The number of ketones is 1. The summed E-state index contributed by atoms with van der Waals surface area (Å²) in [5, 5.41) is 2.62. The van der Waals surface area contributed by atoms with E-state index in [0.29, 0.717) is 0 Å². The van der Waals surface area contributed by atoms with Crippen molar-refractivity contribution in [2.24, 2.45) is 0 Å². The average molecular weight is 783 g/mol. The van der Waals surface area contributed by atoms with Gasteiger partial charge in [0, 0.05) is 11.1 Å². The zero-order valence-electron chi connectivity index (χ0n) is 39.5. The highest BCUT2D eigenvalue weighted by molar-refractivity contribution is 6.08. The maximum atomic E-state index is 11.8. The van der Waals surface area contributed by atoms with Crippen LogP contribution in [0.5, 0.6) is 0 Å². The molecule has 0 aromatic heterocycles. The monoisotopic (exact) mass is 783 g/mol. The molecular formula is C57H82O. The molecule has 0 aliphatic heterocycles. The average Bonchev–Trinajstić information content (AvgIpc) is 3.38. The van der Waals surface area contributed by atoms with E-state index >= 15 is 0 Å². The maximum absolute atomic E-state index is 11.8. The standard InChI is InChI=1S/C13H10O.C12H10.C10H8.C6H6.8C2H6/c14-13(11-7-3-1-4-8-11)12-9-5-2-6-10-12;1-3-7-11(8-4-1)12-9-5-2-6-10-12;1-2-6-10-8-4-3-7-9(10)5-1;1-2-4-6-5-3-1;8*1-2/h1-10H;1-10H;1-8H;1-6H;8*1-2H3. The number of carbonyl (C=O) groups is 1. The Hall–Kier alpha value is -5.53. The van der Waals surface area contributed by atoms with Crippen LogP contribution in [0.2, 0.25) is 0 Å². The van der Waals surface area contributed by atoms with Gasteiger partial charge in [0.25, 0.3) is 0 Å². The Morgan fingerprint density at radius 1 is 0.224 bits per heavy atom. The number of hydrogen-bond donors (Lipinski definition) is 0. The van der Waals surface area contributed by atoms with Crippen LogP contribution in [0.25, 0.3) is 21.9 Å². The molecule has 0 saturated carbocycles. The molecule has 0 heterocycles. The highest BCUT2D eigenvalue weighted by atomic mass is 16.1. The fourth-order valence-electron chi connectivity index (χ4n) is 4.12. The van der Waals surface area contributed by atoms with Crippen molar-refractivity contribution in [3.05, 3.63) is 217 Å². The second-order valence-corrected chi connectivity index (χ2v) is 9.30. The highest BCUT2D eigenvalue weighted by Crippen LogP contribution is 2.17. The van der Waals surface area contributed by atoms with E-state index in [1.165, 1.54) is 21.9 Å². The van der Waals surface area contributed by atoms with Crippen LogP contribution in [0.3, 0.4) is 0 Å². The molecule has 0 aliphatic rings. The fourth-order valence-corrected chi connectivity index (χ4v) is 4.12. The van der Waals surface area contributed by atoms with Gasteiger partial charge < -0.3 is 0 Å². The maximum Gasteiger partial charge on any atom is 0.193 e. The van der Waals surface area contributed by atoms with E-state index in [-0.39, 0.29) is 5.78 Å². The van der Waals surface area contributed by atoms with Gasteiger partial charge >= 0.3 is 0 Å². The van der Waals surface area contributed by atoms with Crippen LogP contribution < -0.4 is 0 Å². The van der Waals surface area contributed by atoms with Crippen molar-refractivity contribution in [2.45, 2.75) is 111 Å². The predicted octanol–water partition coefficient (Wildman–Crippen LogP) is 19.0. The van der Waals surface area contributed by atoms with Gasteiger partial charge in [0.05, 0.1) is 0 Å². The van der Waals surface area contributed by atoms with Crippen LogP contribution in [0.4, 0.5) is 0 Å². The molecule has 0 fully saturated rings.